The summed E-state index contributed by atoms with van der Waals surface area (Å²) in [4.78, 5) is 38.7. The highest BCUT2D eigenvalue weighted by molar-refractivity contribution is 6.32. The number of aliphatic hydroxyl groups is 1. The van der Waals surface area contributed by atoms with E-state index in [4.69, 9.17) is 16.6 Å². The molecule has 2 N–H and O–H groups in total. The maximum atomic E-state index is 16.6. The van der Waals surface area contributed by atoms with Crippen LogP contribution >= 0.6 is 11.6 Å². The minimum Gasteiger partial charge on any atom is -0.393 e. The van der Waals surface area contributed by atoms with Crippen LogP contribution < -0.4 is 10.2 Å². The van der Waals surface area contributed by atoms with Gasteiger partial charge in [-0.1, -0.05) is 42.4 Å². The van der Waals surface area contributed by atoms with Crippen LogP contribution in [0.1, 0.15) is 35.4 Å². The first kappa shape index (κ1) is 28.8. The van der Waals surface area contributed by atoms with Crippen LogP contribution in [0.3, 0.4) is 0 Å². The van der Waals surface area contributed by atoms with Gasteiger partial charge in [0.2, 0.25) is 17.8 Å². The van der Waals surface area contributed by atoms with Crippen LogP contribution in [0.2, 0.25) is 5.02 Å². The van der Waals surface area contributed by atoms with Gasteiger partial charge in [-0.15, -0.1) is 0 Å². The van der Waals surface area contributed by atoms with E-state index in [9.17, 15) is 14.7 Å². The maximum Gasteiger partial charge on any atom is 0.246 e. The molecular formula is C30H34ClFN6O3. The molecule has 9 nitrogen and oxygen atoms in total. The highest BCUT2D eigenvalue weighted by atomic mass is 35.5. The lowest BCUT2D eigenvalue weighted by Crippen LogP contribution is -2.48. The molecule has 1 unspecified atom stereocenters. The molecule has 1 aromatic heterocycles. The number of nitrogens with one attached hydrogen (secondary N) is 1. The molecule has 11 heteroatoms. The van der Waals surface area contributed by atoms with E-state index in [1.165, 1.54) is 11.0 Å². The topological polar surface area (TPSA) is 102 Å². The zero-order valence-electron chi connectivity index (χ0n) is 23.2. The predicted molar refractivity (Wildman–Crippen MR) is 158 cm³/mol. The van der Waals surface area contributed by atoms with Gasteiger partial charge in [0.05, 0.1) is 6.10 Å². The molecule has 5 rings (SSSR count). The minimum absolute atomic E-state index is 0.0590. The number of nitrogens with zero attached hydrogens (tertiary/aromatic N) is 5. The number of piperazine rings is 1. The van der Waals surface area contributed by atoms with Crippen LogP contribution in [0.4, 0.5) is 16.2 Å². The molecule has 2 aliphatic rings. The number of halogens is 2. The summed E-state index contributed by atoms with van der Waals surface area (Å²) < 4.78 is 16.6. The van der Waals surface area contributed by atoms with Crippen LogP contribution in [-0.4, -0.2) is 89.6 Å². The summed E-state index contributed by atoms with van der Waals surface area (Å²) in [6.45, 7) is 5.72. The Kier molecular flexibility index (Phi) is 8.42. The summed E-state index contributed by atoms with van der Waals surface area (Å²) in [6, 6.07) is 9.42. The zero-order valence-corrected chi connectivity index (χ0v) is 24.0. The first-order valence-corrected chi connectivity index (χ1v) is 14.1. The molecule has 0 saturated carbocycles. The van der Waals surface area contributed by atoms with E-state index in [0.717, 1.165) is 11.1 Å². The quantitative estimate of drug-likeness (QED) is 0.412. The number of hydrogen-bond donors (Lipinski definition) is 2. The highest BCUT2D eigenvalue weighted by Gasteiger charge is 2.33. The first-order chi connectivity index (χ1) is 19.7. The van der Waals surface area contributed by atoms with Crippen LogP contribution in [0.25, 0.3) is 10.9 Å². The third-order valence-electron chi connectivity index (χ3n) is 7.83. The summed E-state index contributed by atoms with van der Waals surface area (Å²) in [6.07, 6.45) is 1.74. The van der Waals surface area contributed by atoms with Crippen molar-refractivity contribution in [2.45, 2.75) is 31.3 Å². The molecule has 0 bridgehead atoms. The van der Waals surface area contributed by atoms with Crippen molar-refractivity contribution in [3.63, 3.8) is 0 Å². The summed E-state index contributed by atoms with van der Waals surface area (Å²) in [5, 5.41) is 14.4. The third kappa shape index (κ3) is 5.85. The number of rotatable bonds is 7. The number of carbonyl (C=O) groups is 2. The fraction of sp³-hybridized carbons (Fsp3) is 0.400. The highest BCUT2D eigenvalue weighted by Crippen LogP contribution is 2.43. The van der Waals surface area contributed by atoms with Gasteiger partial charge in [0.15, 0.2) is 5.82 Å². The van der Waals surface area contributed by atoms with Crippen molar-refractivity contribution in [3.8, 4) is 0 Å². The lowest BCUT2D eigenvalue weighted by atomic mass is 9.77. The molecule has 2 aromatic carbocycles. The molecule has 1 aliphatic carbocycles. The van der Waals surface area contributed by atoms with Gasteiger partial charge in [0.25, 0.3) is 0 Å². The number of anilines is 2. The van der Waals surface area contributed by atoms with Crippen molar-refractivity contribution < 1.29 is 19.1 Å². The Morgan fingerprint density at radius 3 is 2.66 bits per heavy atom. The second-order valence-electron chi connectivity index (χ2n) is 10.7. The average Bonchev–Trinajstić information content (AvgIpc) is 2.96. The Morgan fingerprint density at radius 2 is 1.95 bits per heavy atom. The smallest absolute Gasteiger partial charge is 0.246 e. The van der Waals surface area contributed by atoms with Crippen molar-refractivity contribution in [2.75, 3.05) is 57.0 Å². The van der Waals surface area contributed by atoms with Crippen molar-refractivity contribution in [1.29, 1.82) is 0 Å². The van der Waals surface area contributed by atoms with Gasteiger partial charge < -0.3 is 25.1 Å². The lowest BCUT2D eigenvalue weighted by molar-refractivity contribution is -0.128. The molecule has 216 valence electrons. The number of amides is 2. The minimum atomic E-state index is -0.622. The summed E-state index contributed by atoms with van der Waals surface area (Å²) in [7, 11) is 3.37. The molecule has 3 aromatic rings. The molecule has 2 atom stereocenters. The molecule has 0 radical (unpaired) electrons. The van der Waals surface area contributed by atoms with E-state index in [1.54, 1.807) is 25.1 Å². The normalized spacial score (nSPS) is 18.7. The number of aliphatic hydroxyl groups excluding tert-OH is 1. The van der Waals surface area contributed by atoms with E-state index in [1.807, 2.05) is 29.2 Å². The number of carbonyl (C=O) groups excluding carboxylic acids is 2. The van der Waals surface area contributed by atoms with Crippen LogP contribution in [0.5, 0.6) is 0 Å². The standard InChI is InChI=1S/C30H34ClFN6O3/c1-4-24(40)37-11-13-38(14-12-37)29-22-17-23(31)26(21-16-19(39)15-18-7-5-6-8-20(18)21)27(32)28(22)34-30(35-29)33-10-9-25(41)36(2)3/h4-8,17,19,21,39H,1,9-16H2,2-3H3,(H,33,34,35)/t19?,21-/m0/s1. The van der Waals surface area contributed by atoms with Gasteiger partial charge >= 0.3 is 0 Å². The van der Waals surface area contributed by atoms with Crippen LogP contribution in [0, 0.1) is 5.82 Å². The Hall–Kier alpha value is -3.76. The monoisotopic (exact) mass is 580 g/mol. The van der Waals surface area contributed by atoms with Crippen LogP contribution in [-0.2, 0) is 16.0 Å². The SMILES string of the molecule is C=CC(=O)N1CCN(c2nc(NCCC(=O)N(C)C)nc3c(F)c([C@H]4CC(O)Cc5ccccc54)c(Cl)cc23)CC1. The molecule has 41 heavy (non-hydrogen) atoms. The fourth-order valence-corrected chi connectivity index (χ4v) is 6.00. The predicted octanol–water partition coefficient (Wildman–Crippen LogP) is 3.59. The largest absolute Gasteiger partial charge is 0.393 e. The first-order valence-electron chi connectivity index (χ1n) is 13.7. The van der Waals surface area contributed by atoms with Gasteiger partial charge in [-0.05, 0) is 36.1 Å². The Morgan fingerprint density at radius 1 is 1.22 bits per heavy atom. The number of fused-ring (bicyclic) bond motifs is 2. The average molecular weight is 581 g/mol. The van der Waals surface area contributed by atoms with Gasteiger partial charge in [-0.3, -0.25) is 9.59 Å². The molecule has 1 saturated heterocycles. The Labute approximate surface area is 243 Å². The molecule has 0 spiro atoms. The van der Waals surface area contributed by atoms with Gasteiger partial charge in [0, 0.05) is 75.1 Å². The van der Waals surface area contributed by atoms with Crippen molar-refractivity contribution >= 4 is 46.1 Å². The molecule has 2 heterocycles. The molecule has 1 fully saturated rings. The number of hydrogen-bond acceptors (Lipinski definition) is 7. The van der Waals surface area contributed by atoms with Gasteiger partial charge in [-0.2, -0.15) is 4.98 Å². The molecule has 1 aliphatic heterocycles. The van der Waals surface area contributed by atoms with Gasteiger partial charge in [0.1, 0.15) is 11.3 Å². The summed E-state index contributed by atoms with van der Waals surface area (Å²) in [5.41, 5.74) is 2.31. The lowest BCUT2D eigenvalue weighted by Gasteiger charge is -2.35. The number of benzene rings is 2. The van der Waals surface area contributed by atoms with E-state index < -0.39 is 17.8 Å². The maximum absolute atomic E-state index is 16.6. The second-order valence-corrected chi connectivity index (χ2v) is 11.1. The fourth-order valence-electron chi connectivity index (χ4n) is 5.68. The Bertz CT molecular complexity index is 1490. The van der Waals surface area contributed by atoms with E-state index in [2.05, 4.69) is 16.9 Å². The molecular weight excluding hydrogens is 547 g/mol. The van der Waals surface area contributed by atoms with Crippen LogP contribution in [0.15, 0.2) is 43.0 Å². The van der Waals surface area contributed by atoms with Gasteiger partial charge in [-0.25, -0.2) is 9.37 Å². The summed E-state index contributed by atoms with van der Waals surface area (Å²) >= 11 is 6.82. The van der Waals surface area contributed by atoms with E-state index in [0.29, 0.717) is 55.8 Å². The van der Waals surface area contributed by atoms with E-state index in [-0.39, 0.29) is 41.3 Å². The zero-order chi connectivity index (χ0) is 29.3. The van der Waals surface area contributed by atoms with E-state index >= 15 is 4.39 Å². The second kappa shape index (κ2) is 12.0. The van der Waals surface area contributed by atoms with Crippen molar-refractivity contribution in [2.24, 2.45) is 0 Å². The summed E-state index contributed by atoms with van der Waals surface area (Å²) in [5.74, 6) is -0.501. The molecule has 2 amide bonds. The van der Waals surface area contributed by atoms with Crippen molar-refractivity contribution in [1.82, 2.24) is 19.8 Å². The Balaban J connectivity index is 1.58. The third-order valence-corrected chi connectivity index (χ3v) is 8.14. The number of aromatic nitrogens is 2. The van der Waals surface area contributed by atoms with Crippen molar-refractivity contribution in [3.05, 3.63) is 70.5 Å².